The molecule has 1 aromatic rings. The summed E-state index contributed by atoms with van der Waals surface area (Å²) in [6, 6.07) is 8.75. The molecule has 1 heteroatoms. The van der Waals surface area contributed by atoms with Crippen molar-refractivity contribution in [2.24, 2.45) is 0 Å². The first-order valence-corrected chi connectivity index (χ1v) is 5.88. The first-order chi connectivity index (χ1) is 7.36. The number of rotatable bonds is 7. The third kappa shape index (κ3) is 4.78. The Labute approximate surface area is 92.5 Å². The van der Waals surface area contributed by atoms with E-state index in [2.05, 4.69) is 31.2 Å². The number of carbonyl (C=O) groups is 1. The van der Waals surface area contributed by atoms with Crippen LogP contribution >= 0.6 is 0 Å². The van der Waals surface area contributed by atoms with Crippen LogP contribution in [-0.2, 0) is 17.6 Å². The molecular formula is C14H20O. The molecule has 15 heavy (non-hydrogen) atoms. The van der Waals surface area contributed by atoms with Gasteiger partial charge in [0.25, 0.3) is 0 Å². The van der Waals surface area contributed by atoms with Gasteiger partial charge in [0.05, 0.1) is 0 Å². The Kier molecular flexibility index (Phi) is 5.76. The van der Waals surface area contributed by atoms with Gasteiger partial charge in [0.1, 0.15) is 6.29 Å². The highest BCUT2D eigenvalue weighted by atomic mass is 16.1. The third-order valence-electron chi connectivity index (χ3n) is 2.60. The van der Waals surface area contributed by atoms with Crippen molar-refractivity contribution >= 4 is 6.29 Å². The predicted molar refractivity (Wildman–Crippen MR) is 64.1 cm³/mol. The number of unbranched alkanes of at least 4 members (excludes halogenated alkanes) is 2. The Bertz CT molecular complexity index is 291. The minimum Gasteiger partial charge on any atom is -0.303 e. The zero-order valence-electron chi connectivity index (χ0n) is 9.54. The van der Waals surface area contributed by atoms with Crippen molar-refractivity contribution in [3.8, 4) is 0 Å². The van der Waals surface area contributed by atoms with Gasteiger partial charge >= 0.3 is 0 Å². The molecule has 1 rings (SSSR count). The minimum atomic E-state index is 0.680. The van der Waals surface area contributed by atoms with Crippen molar-refractivity contribution in [1.29, 1.82) is 0 Å². The Morgan fingerprint density at radius 2 is 1.80 bits per heavy atom. The van der Waals surface area contributed by atoms with Crippen molar-refractivity contribution in [2.75, 3.05) is 0 Å². The van der Waals surface area contributed by atoms with Crippen molar-refractivity contribution in [1.82, 2.24) is 0 Å². The SMILES string of the molecule is CCCCc1cccc(CCCC=O)c1. The molecule has 0 radical (unpaired) electrons. The normalized spacial score (nSPS) is 10.2. The molecule has 0 spiro atoms. The molecule has 0 heterocycles. The molecule has 0 saturated carbocycles. The highest BCUT2D eigenvalue weighted by molar-refractivity contribution is 5.49. The van der Waals surface area contributed by atoms with E-state index in [0.717, 1.165) is 19.1 Å². The number of benzene rings is 1. The fourth-order valence-corrected chi connectivity index (χ4v) is 1.71. The van der Waals surface area contributed by atoms with Crippen LogP contribution in [0.2, 0.25) is 0 Å². The Balaban J connectivity index is 2.46. The summed E-state index contributed by atoms with van der Waals surface area (Å²) in [7, 11) is 0. The van der Waals surface area contributed by atoms with E-state index < -0.39 is 0 Å². The van der Waals surface area contributed by atoms with E-state index >= 15 is 0 Å². The van der Waals surface area contributed by atoms with Crippen LogP contribution in [0.5, 0.6) is 0 Å². The standard InChI is InChI=1S/C14H20O/c1-2-3-7-13-9-6-10-14(12-13)8-4-5-11-15/h6,9-12H,2-5,7-8H2,1H3. The average Bonchev–Trinajstić information content (AvgIpc) is 2.27. The third-order valence-corrected chi connectivity index (χ3v) is 2.60. The number of hydrogen-bond acceptors (Lipinski definition) is 1. The molecule has 0 unspecified atom stereocenters. The largest absolute Gasteiger partial charge is 0.303 e. The highest BCUT2D eigenvalue weighted by Crippen LogP contribution is 2.10. The van der Waals surface area contributed by atoms with Gasteiger partial charge in [-0.05, 0) is 36.8 Å². The smallest absolute Gasteiger partial charge is 0.120 e. The van der Waals surface area contributed by atoms with Crippen molar-refractivity contribution in [3.05, 3.63) is 35.4 Å². The van der Waals surface area contributed by atoms with Gasteiger partial charge in [-0.25, -0.2) is 0 Å². The maximum absolute atomic E-state index is 10.2. The van der Waals surface area contributed by atoms with Crippen molar-refractivity contribution in [3.63, 3.8) is 0 Å². The van der Waals surface area contributed by atoms with Crippen LogP contribution in [0.4, 0.5) is 0 Å². The fraction of sp³-hybridized carbons (Fsp3) is 0.500. The van der Waals surface area contributed by atoms with Crippen molar-refractivity contribution in [2.45, 2.75) is 45.4 Å². The Hall–Kier alpha value is -1.11. The molecule has 82 valence electrons. The first kappa shape index (κ1) is 12.0. The molecule has 1 nitrogen and oxygen atoms in total. The summed E-state index contributed by atoms with van der Waals surface area (Å²) in [5, 5.41) is 0. The van der Waals surface area contributed by atoms with Gasteiger partial charge in [0.2, 0.25) is 0 Å². The van der Waals surface area contributed by atoms with Crippen LogP contribution in [0.1, 0.15) is 43.7 Å². The van der Waals surface area contributed by atoms with Crippen LogP contribution in [0, 0.1) is 0 Å². The van der Waals surface area contributed by atoms with Crippen molar-refractivity contribution < 1.29 is 4.79 Å². The molecule has 0 aromatic heterocycles. The maximum Gasteiger partial charge on any atom is 0.120 e. The summed E-state index contributed by atoms with van der Waals surface area (Å²) in [4.78, 5) is 10.2. The summed E-state index contributed by atoms with van der Waals surface area (Å²) in [5.41, 5.74) is 2.80. The number of hydrogen-bond donors (Lipinski definition) is 0. The zero-order valence-corrected chi connectivity index (χ0v) is 9.54. The second-order valence-electron chi connectivity index (χ2n) is 3.98. The number of carbonyl (C=O) groups excluding carboxylic acids is 1. The maximum atomic E-state index is 10.2. The monoisotopic (exact) mass is 204 g/mol. The molecule has 0 saturated heterocycles. The van der Waals surface area contributed by atoms with E-state index in [9.17, 15) is 4.79 Å². The van der Waals surface area contributed by atoms with E-state index in [1.165, 1.54) is 30.4 Å². The lowest BCUT2D eigenvalue weighted by atomic mass is 10.0. The van der Waals surface area contributed by atoms with E-state index in [1.54, 1.807) is 0 Å². The Morgan fingerprint density at radius 1 is 1.13 bits per heavy atom. The molecule has 0 N–H and O–H groups in total. The van der Waals surface area contributed by atoms with Gasteiger partial charge in [-0.15, -0.1) is 0 Å². The van der Waals surface area contributed by atoms with Gasteiger partial charge in [-0.2, -0.15) is 0 Å². The molecule has 0 aliphatic heterocycles. The van der Waals surface area contributed by atoms with E-state index in [4.69, 9.17) is 0 Å². The summed E-state index contributed by atoms with van der Waals surface area (Å²) in [6.45, 7) is 2.22. The predicted octanol–water partition coefficient (Wildman–Crippen LogP) is 3.55. The molecule has 0 amide bonds. The lowest BCUT2D eigenvalue weighted by Gasteiger charge is -2.03. The van der Waals surface area contributed by atoms with Gasteiger partial charge in [-0.3, -0.25) is 0 Å². The van der Waals surface area contributed by atoms with Crippen LogP contribution in [-0.4, -0.2) is 6.29 Å². The topological polar surface area (TPSA) is 17.1 Å². The lowest BCUT2D eigenvalue weighted by molar-refractivity contribution is -0.107. The second kappa shape index (κ2) is 7.22. The highest BCUT2D eigenvalue weighted by Gasteiger charge is 1.96. The van der Waals surface area contributed by atoms with Crippen LogP contribution in [0.15, 0.2) is 24.3 Å². The molecule has 0 fully saturated rings. The second-order valence-corrected chi connectivity index (χ2v) is 3.98. The first-order valence-electron chi connectivity index (χ1n) is 5.88. The Morgan fingerprint density at radius 3 is 2.40 bits per heavy atom. The van der Waals surface area contributed by atoms with Crippen LogP contribution in [0.3, 0.4) is 0 Å². The van der Waals surface area contributed by atoms with Crippen LogP contribution < -0.4 is 0 Å². The van der Waals surface area contributed by atoms with E-state index in [1.807, 2.05) is 0 Å². The van der Waals surface area contributed by atoms with E-state index in [0.29, 0.717) is 6.42 Å². The summed E-state index contributed by atoms with van der Waals surface area (Å²) >= 11 is 0. The van der Waals surface area contributed by atoms with Crippen LogP contribution in [0.25, 0.3) is 0 Å². The quantitative estimate of drug-likeness (QED) is 0.490. The number of aldehydes is 1. The zero-order chi connectivity index (χ0) is 10.9. The van der Waals surface area contributed by atoms with E-state index in [-0.39, 0.29) is 0 Å². The van der Waals surface area contributed by atoms with Gasteiger partial charge in [0, 0.05) is 6.42 Å². The molecule has 0 aliphatic carbocycles. The summed E-state index contributed by atoms with van der Waals surface area (Å²) in [6.07, 6.45) is 7.37. The molecule has 1 aromatic carbocycles. The number of aryl methyl sites for hydroxylation is 2. The van der Waals surface area contributed by atoms with Gasteiger partial charge in [0.15, 0.2) is 0 Å². The minimum absolute atomic E-state index is 0.680. The molecule has 0 atom stereocenters. The summed E-state index contributed by atoms with van der Waals surface area (Å²) < 4.78 is 0. The molecule has 0 aliphatic rings. The fourth-order valence-electron chi connectivity index (χ4n) is 1.71. The van der Waals surface area contributed by atoms with Gasteiger partial charge < -0.3 is 4.79 Å². The molecule has 0 bridgehead atoms. The summed E-state index contributed by atoms with van der Waals surface area (Å²) in [5.74, 6) is 0. The van der Waals surface area contributed by atoms with Gasteiger partial charge in [-0.1, -0.05) is 37.6 Å². The average molecular weight is 204 g/mol. The lowest BCUT2D eigenvalue weighted by Crippen LogP contribution is -1.90. The molecular weight excluding hydrogens is 184 g/mol.